The highest BCUT2D eigenvalue weighted by atomic mass is 16.7. The molecule has 0 fully saturated rings. The summed E-state index contributed by atoms with van der Waals surface area (Å²) in [6, 6.07) is 10.6. The van der Waals surface area contributed by atoms with Crippen LogP contribution >= 0.6 is 0 Å². The van der Waals surface area contributed by atoms with Gasteiger partial charge in [-0.3, -0.25) is 9.59 Å². The third-order valence-electron chi connectivity index (χ3n) is 4.53. The van der Waals surface area contributed by atoms with E-state index >= 15 is 0 Å². The maximum absolute atomic E-state index is 12.4. The molecule has 26 heavy (non-hydrogen) atoms. The molecule has 0 unspecified atom stereocenters. The number of ether oxygens (including phenoxy) is 2. The van der Waals surface area contributed by atoms with Gasteiger partial charge in [-0.05, 0) is 36.8 Å². The summed E-state index contributed by atoms with van der Waals surface area (Å²) < 4.78 is 10.5. The number of aliphatic hydroxyl groups is 1. The van der Waals surface area contributed by atoms with Crippen LogP contribution in [0.15, 0.2) is 42.5 Å². The molecule has 0 aromatic heterocycles. The molecular formula is C20H17NO5. The van der Waals surface area contributed by atoms with Crippen LogP contribution in [0.25, 0.3) is 6.08 Å². The fourth-order valence-electron chi connectivity index (χ4n) is 3.15. The Balaban J connectivity index is 1.53. The second-order valence-electron chi connectivity index (χ2n) is 6.45. The summed E-state index contributed by atoms with van der Waals surface area (Å²) in [6.45, 7) is 2.05. The molecule has 2 aliphatic heterocycles. The normalized spacial score (nSPS) is 20.3. The van der Waals surface area contributed by atoms with Crippen molar-refractivity contribution >= 4 is 23.5 Å². The molecule has 2 aromatic rings. The average molecular weight is 351 g/mol. The molecule has 0 spiro atoms. The summed E-state index contributed by atoms with van der Waals surface area (Å²) in [5.74, 6) is 0.354. The van der Waals surface area contributed by atoms with Gasteiger partial charge in [-0.15, -0.1) is 0 Å². The standard InChI is InChI=1S/C20H17NO5/c1-12-2-6-16-15(8-12)20(24,19(23)21-16)10-14(22)5-3-13-4-7-17-18(9-13)26-11-25-17/h2-9,24H,10-11H2,1H3,(H,21,23)/b5-3+/t20-/m1/s1. The van der Waals surface area contributed by atoms with Crippen molar-refractivity contribution in [3.8, 4) is 11.5 Å². The maximum atomic E-state index is 12.4. The summed E-state index contributed by atoms with van der Waals surface area (Å²) in [5, 5.41) is 13.5. The zero-order valence-electron chi connectivity index (χ0n) is 14.1. The van der Waals surface area contributed by atoms with Crippen molar-refractivity contribution in [1.82, 2.24) is 0 Å². The first-order valence-electron chi connectivity index (χ1n) is 8.21. The summed E-state index contributed by atoms with van der Waals surface area (Å²) in [7, 11) is 0. The minimum absolute atomic E-state index is 0.183. The number of allylic oxidation sites excluding steroid dienone is 1. The van der Waals surface area contributed by atoms with E-state index in [9.17, 15) is 14.7 Å². The zero-order chi connectivity index (χ0) is 18.3. The first kappa shape index (κ1) is 16.4. The molecule has 6 nitrogen and oxygen atoms in total. The Morgan fingerprint density at radius 1 is 1.23 bits per heavy atom. The number of hydrogen-bond donors (Lipinski definition) is 2. The van der Waals surface area contributed by atoms with Crippen LogP contribution in [0.2, 0.25) is 0 Å². The van der Waals surface area contributed by atoms with Gasteiger partial charge in [-0.2, -0.15) is 0 Å². The zero-order valence-corrected chi connectivity index (χ0v) is 14.1. The number of ketones is 1. The van der Waals surface area contributed by atoms with E-state index < -0.39 is 11.5 Å². The Kier molecular flexibility index (Phi) is 3.77. The average Bonchev–Trinajstić information content (AvgIpc) is 3.17. The van der Waals surface area contributed by atoms with E-state index in [-0.39, 0.29) is 19.0 Å². The van der Waals surface area contributed by atoms with E-state index in [1.807, 2.05) is 13.0 Å². The predicted molar refractivity (Wildman–Crippen MR) is 94.9 cm³/mol. The number of anilines is 1. The van der Waals surface area contributed by atoms with Crippen molar-refractivity contribution in [2.45, 2.75) is 18.9 Å². The Morgan fingerprint density at radius 3 is 2.88 bits per heavy atom. The van der Waals surface area contributed by atoms with Crippen molar-refractivity contribution in [2.75, 3.05) is 12.1 Å². The number of carbonyl (C=O) groups is 2. The van der Waals surface area contributed by atoms with Crippen LogP contribution in [-0.2, 0) is 15.2 Å². The Hall–Kier alpha value is -3.12. The van der Waals surface area contributed by atoms with Crippen molar-refractivity contribution in [2.24, 2.45) is 0 Å². The quantitative estimate of drug-likeness (QED) is 0.827. The van der Waals surface area contributed by atoms with Gasteiger partial charge in [-0.1, -0.05) is 29.8 Å². The number of benzene rings is 2. The van der Waals surface area contributed by atoms with Crippen LogP contribution in [0.1, 0.15) is 23.1 Å². The largest absolute Gasteiger partial charge is 0.454 e. The molecule has 6 heteroatoms. The van der Waals surface area contributed by atoms with Gasteiger partial charge in [-0.25, -0.2) is 0 Å². The SMILES string of the molecule is Cc1ccc2c(c1)[C@](O)(CC(=O)/C=C/c1ccc3c(c1)OCO3)C(=O)N2. The third kappa shape index (κ3) is 2.74. The van der Waals surface area contributed by atoms with Gasteiger partial charge in [0, 0.05) is 11.3 Å². The molecule has 2 aromatic carbocycles. The highest BCUT2D eigenvalue weighted by molar-refractivity contribution is 6.08. The molecule has 0 bridgehead atoms. The van der Waals surface area contributed by atoms with Crippen LogP contribution in [0.5, 0.6) is 11.5 Å². The molecule has 2 heterocycles. The first-order valence-corrected chi connectivity index (χ1v) is 8.21. The summed E-state index contributed by atoms with van der Waals surface area (Å²) in [5.41, 5.74) is 0.796. The van der Waals surface area contributed by atoms with E-state index in [0.29, 0.717) is 22.7 Å². The van der Waals surface area contributed by atoms with Crippen LogP contribution in [0.4, 0.5) is 5.69 Å². The first-order chi connectivity index (χ1) is 12.5. The maximum Gasteiger partial charge on any atom is 0.261 e. The van der Waals surface area contributed by atoms with Crippen LogP contribution in [-0.4, -0.2) is 23.6 Å². The van der Waals surface area contributed by atoms with Gasteiger partial charge in [0.25, 0.3) is 5.91 Å². The minimum Gasteiger partial charge on any atom is -0.454 e. The summed E-state index contributed by atoms with van der Waals surface area (Å²) >= 11 is 0. The van der Waals surface area contributed by atoms with E-state index in [1.54, 1.807) is 36.4 Å². The van der Waals surface area contributed by atoms with Gasteiger partial charge in [0.1, 0.15) is 0 Å². The van der Waals surface area contributed by atoms with Gasteiger partial charge < -0.3 is 19.9 Å². The highest BCUT2D eigenvalue weighted by Crippen LogP contribution is 2.39. The number of nitrogens with one attached hydrogen (secondary N) is 1. The topological polar surface area (TPSA) is 84.9 Å². The smallest absolute Gasteiger partial charge is 0.261 e. The lowest BCUT2D eigenvalue weighted by molar-refractivity contribution is -0.138. The number of amides is 1. The lowest BCUT2D eigenvalue weighted by atomic mass is 9.89. The second kappa shape index (κ2) is 6.00. The van der Waals surface area contributed by atoms with Gasteiger partial charge in [0.15, 0.2) is 22.9 Å². The molecule has 0 aliphatic carbocycles. The van der Waals surface area contributed by atoms with Crippen LogP contribution in [0, 0.1) is 6.92 Å². The van der Waals surface area contributed by atoms with Crippen LogP contribution in [0.3, 0.4) is 0 Å². The molecule has 0 radical (unpaired) electrons. The fraction of sp³-hybridized carbons (Fsp3) is 0.200. The third-order valence-corrected chi connectivity index (χ3v) is 4.53. The number of hydrogen-bond acceptors (Lipinski definition) is 5. The van der Waals surface area contributed by atoms with Gasteiger partial charge in [0.2, 0.25) is 6.79 Å². The lowest BCUT2D eigenvalue weighted by Gasteiger charge is -2.19. The molecule has 132 valence electrons. The van der Waals surface area contributed by atoms with Crippen LogP contribution < -0.4 is 14.8 Å². The summed E-state index contributed by atoms with van der Waals surface area (Å²) in [6.07, 6.45) is 2.66. The fourth-order valence-corrected chi connectivity index (χ4v) is 3.15. The molecule has 1 atom stereocenters. The van der Waals surface area contributed by atoms with Gasteiger partial charge >= 0.3 is 0 Å². The number of aryl methyl sites for hydroxylation is 1. The van der Waals surface area contributed by atoms with E-state index in [1.165, 1.54) is 6.08 Å². The summed E-state index contributed by atoms with van der Waals surface area (Å²) in [4.78, 5) is 24.6. The Bertz CT molecular complexity index is 949. The monoisotopic (exact) mass is 351 g/mol. The Labute approximate surface area is 150 Å². The minimum atomic E-state index is -1.85. The number of rotatable bonds is 4. The van der Waals surface area contributed by atoms with Gasteiger partial charge in [0.05, 0.1) is 6.42 Å². The molecule has 2 N–H and O–H groups in total. The molecule has 4 rings (SSSR count). The molecule has 0 saturated heterocycles. The predicted octanol–water partition coefficient (Wildman–Crippen LogP) is 2.54. The molecule has 1 amide bonds. The van der Waals surface area contributed by atoms with Crippen molar-refractivity contribution in [3.63, 3.8) is 0 Å². The molecular weight excluding hydrogens is 334 g/mol. The number of carbonyl (C=O) groups excluding carboxylic acids is 2. The Morgan fingerprint density at radius 2 is 2.04 bits per heavy atom. The second-order valence-corrected chi connectivity index (χ2v) is 6.45. The van der Waals surface area contributed by atoms with E-state index in [0.717, 1.165) is 11.1 Å². The highest BCUT2D eigenvalue weighted by Gasteiger charge is 2.46. The molecule has 0 saturated carbocycles. The van der Waals surface area contributed by atoms with E-state index in [4.69, 9.17) is 9.47 Å². The molecule has 2 aliphatic rings. The lowest BCUT2D eigenvalue weighted by Crippen LogP contribution is -2.36. The van der Waals surface area contributed by atoms with E-state index in [2.05, 4.69) is 5.32 Å². The van der Waals surface area contributed by atoms with Crippen molar-refractivity contribution < 1.29 is 24.2 Å². The number of fused-ring (bicyclic) bond motifs is 2. The van der Waals surface area contributed by atoms with Crippen molar-refractivity contribution in [3.05, 3.63) is 59.2 Å². The van der Waals surface area contributed by atoms with Crippen molar-refractivity contribution in [1.29, 1.82) is 0 Å².